The van der Waals surface area contributed by atoms with Crippen molar-refractivity contribution in [2.45, 2.75) is 31.8 Å². The summed E-state index contributed by atoms with van der Waals surface area (Å²) in [5.74, 6) is 0. The van der Waals surface area contributed by atoms with Crippen LogP contribution >= 0.6 is 0 Å². The Bertz CT molecular complexity index is 474. The van der Waals surface area contributed by atoms with Gasteiger partial charge in [-0.3, -0.25) is 0 Å². The predicted octanol–water partition coefficient (Wildman–Crippen LogP) is -0.141. The number of nitrogens with zero attached hydrogens (tertiary/aromatic N) is 1. The number of rotatable bonds is 6. The lowest BCUT2D eigenvalue weighted by Crippen LogP contribution is -2.42. The van der Waals surface area contributed by atoms with Gasteiger partial charge in [0.05, 0.1) is 18.4 Å². The molecule has 0 aliphatic heterocycles. The van der Waals surface area contributed by atoms with Crippen LogP contribution in [0.5, 0.6) is 0 Å². The molecular formula is C14H19NO6. The summed E-state index contributed by atoms with van der Waals surface area (Å²) in [5, 5.41) is 37.4. The molecule has 0 spiro atoms. The summed E-state index contributed by atoms with van der Waals surface area (Å²) >= 11 is 0. The van der Waals surface area contributed by atoms with Gasteiger partial charge in [0.25, 0.3) is 0 Å². The summed E-state index contributed by atoms with van der Waals surface area (Å²) in [6.07, 6.45) is -5.45. The lowest BCUT2D eigenvalue weighted by molar-refractivity contribution is -0.0271. The average molecular weight is 297 g/mol. The first-order valence-corrected chi connectivity index (χ1v) is 6.39. The van der Waals surface area contributed by atoms with Crippen LogP contribution in [0, 0.1) is 0 Å². The monoisotopic (exact) mass is 297 g/mol. The Morgan fingerprint density at radius 2 is 1.86 bits per heavy atom. The van der Waals surface area contributed by atoms with Crippen molar-refractivity contribution in [2.24, 2.45) is 4.99 Å². The quantitative estimate of drug-likeness (QED) is 0.542. The van der Waals surface area contributed by atoms with E-state index in [1.807, 2.05) is 6.07 Å². The van der Waals surface area contributed by atoms with E-state index in [0.29, 0.717) is 0 Å². The molecule has 21 heavy (non-hydrogen) atoms. The molecule has 0 fully saturated rings. The van der Waals surface area contributed by atoms with Crippen LogP contribution in [0.15, 0.2) is 35.3 Å². The van der Waals surface area contributed by atoms with Gasteiger partial charge >= 0.3 is 6.09 Å². The van der Waals surface area contributed by atoms with E-state index < -0.39 is 31.0 Å². The Kier molecular flexibility index (Phi) is 6.97. The van der Waals surface area contributed by atoms with E-state index in [0.717, 1.165) is 5.56 Å². The third kappa shape index (κ3) is 5.60. The highest BCUT2D eigenvalue weighted by molar-refractivity contribution is 5.97. The zero-order valence-electron chi connectivity index (χ0n) is 11.6. The lowest BCUT2D eigenvalue weighted by Gasteiger charge is -2.20. The number of aliphatic hydroxyl groups is 4. The summed E-state index contributed by atoms with van der Waals surface area (Å²) in [6, 6.07) is 8.91. The molecule has 1 aromatic carbocycles. The van der Waals surface area contributed by atoms with Crippen LogP contribution in [0.3, 0.4) is 0 Å². The molecule has 1 amide bonds. The number of hydrogen-bond donors (Lipinski definition) is 4. The molecule has 1 rings (SSSR count). The predicted molar refractivity (Wildman–Crippen MR) is 74.8 cm³/mol. The van der Waals surface area contributed by atoms with Gasteiger partial charge in [-0.25, -0.2) is 4.79 Å². The Labute approximate surface area is 122 Å². The topological polar surface area (TPSA) is 120 Å². The van der Waals surface area contributed by atoms with Crippen molar-refractivity contribution in [3.8, 4) is 0 Å². The first-order chi connectivity index (χ1) is 9.95. The summed E-state index contributed by atoms with van der Waals surface area (Å²) in [5.41, 5.74) is 0.387. The van der Waals surface area contributed by atoms with E-state index in [1.165, 1.54) is 6.92 Å². The highest BCUT2D eigenvalue weighted by Crippen LogP contribution is 2.05. The van der Waals surface area contributed by atoms with Gasteiger partial charge in [-0.05, 0) is 12.5 Å². The highest BCUT2D eigenvalue weighted by atomic mass is 16.5. The fourth-order valence-electron chi connectivity index (χ4n) is 1.52. The number of aliphatic imine (C=N–C) groups is 1. The van der Waals surface area contributed by atoms with Crippen LogP contribution in [-0.4, -0.2) is 57.1 Å². The van der Waals surface area contributed by atoms with Crippen molar-refractivity contribution in [3.63, 3.8) is 0 Å². The molecule has 116 valence electrons. The maximum absolute atomic E-state index is 11.5. The Hall–Kier alpha value is -1.80. The van der Waals surface area contributed by atoms with Crippen molar-refractivity contribution in [1.29, 1.82) is 0 Å². The Morgan fingerprint density at radius 1 is 1.24 bits per heavy atom. The standard InChI is InChI=1S/C14H19NO6/c1-9(17)12(18)13(19)11(7-16)15-14(20)21-8-10-5-3-2-4-6-10/h2-6,9,12-13,16-19H,7-8H2,1H3/t9-,12+,13+/m0/s1. The number of carbonyl (C=O) groups is 1. The Morgan fingerprint density at radius 3 is 2.38 bits per heavy atom. The minimum atomic E-state index is -1.65. The van der Waals surface area contributed by atoms with Crippen LogP contribution in [-0.2, 0) is 11.3 Å². The fraction of sp³-hybridized carbons (Fsp3) is 0.429. The first kappa shape index (κ1) is 17.3. The van der Waals surface area contributed by atoms with Crippen molar-refractivity contribution >= 4 is 11.8 Å². The van der Waals surface area contributed by atoms with Crippen LogP contribution in [0.1, 0.15) is 12.5 Å². The number of ether oxygens (including phenoxy) is 1. The molecule has 0 radical (unpaired) electrons. The summed E-state index contributed by atoms with van der Waals surface area (Å²) in [4.78, 5) is 14.9. The third-order valence-corrected chi connectivity index (χ3v) is 2.76. The van der Waals surface area contributed by atoms with Crippen molar-refractivity contribution in [1.82, 2.24) is 0 Å². The maximum atomic E-state index is 11.5. The largest absolute Gasteiger partial charge is 0.443 e. The summed E-state index contributed by atoms with van der Waals surface area (Å²) in [7, 11) is 0. The molecule has 7 nitrogen and oxygen atoms in total. The van der Waals surface area contributed by atoms with E-state index in [2.05, 4.69) is 4.99 Å². The van der Waals surface area contributed by atoms with Gasteiger partial charge in [0, 0.05) is 0 Å². The van der Waals surface area contributed by atoms with Crippen molar-refractivity contribution in [3.05, 3.63) is 35.9 Å². The fourth-order valence-corrected chi connectivity index (χ4v) is 1.52. The molecule has 4 N–H and O–H groups in total. The molecule has 0 saturated heterocycles. The molecule has 0 heterocycles. The van der Waals surface area contributed by atoms with Crippen molar-refractivity contribution < 1.29 is 30.0 Å². The normalized spacial score (nSPS) is 16.1. The average Bonchev–Trinajstić information content (AvgIpc) is 2.50. The second-order valence-corrected chi connectivity index (χ2v) is 4.48. The number of benzene rings is 1. The minimum Gasteiger partial charge on any atom is -0.443 e. The molecular weight excluding hydrogens is 278 g/mol. The molecule has 0 saturated carbocycles. The maximum Gasteiger partial charge on any atom is 0.434 e. The first-order valence-electron chi connectivity index (χ1n) is 6.39. The molecule has 0 bridgehead atoms. The van der Waals surface area contributed by atoms with Gasteiger partial charge in [-0.15, -0.1) is 0 Å². The zero-order chi connectivity index (χ0) is 15.8. The minimum absolute atomic E-state index is 0.00304. The van der Waals surface area contributed by atoms with Crippen molar-refractivity contribution in [2.75, 3.05) is 6.61 Å². The molecule has 7 heteroatoms. The van der Waals surface area contributed by atoms with Gasteiger partial charge in [0.2, 0.25) is 0 Å². The number of aliphatic hydroxyl groups excluding tert-OH is 4. The highest BCUT2D eigenvalue weighted by Gasteiger charge is 2.26. The number of hydrogen-bond acceptors (Lipinski definition) is 6. The van der Waals surface area contributed by atoms with E-state index in [9.17, 15) is 15.0 Å². The van der Waals surface area contributed by atoms with Crippen LogP contribution in [0.4, 0.5) is 4.79 Å². The van der Waals surface area contributed by atoms with Gasteiger partial charge in [0.15, 0.2) is 0 Å². The van der Waals surface area contributed by atoms with Gasteiger partial charge < -0.3 is 25.2 Å². The van der Waals surface area contributed by atoms with E-state index in [-0.39, 0.29) is 12.3 Å². The van der Waals surface area contributed by atoms with E-state index in [1.54, 1.807) is 24.3 Å². The van der Waals surface area contributed by atoms with Crippen LogP contribution < -0.4 is 0 Å². The molecule has 0 aliphatic carbocycles. The lowest BCUT2D eigenvalue weighted by atomic mass is 10.1. The second-order valence-electron chi connectivity index (χ2n) is 4.48. The zero-order valence-corrected chi connectivity index (χ0v) is 11.6. The molecule has 3 atom stereocenters. The van der Waals surface area contributed by atoms with Gasteiger partial charge in [-0.1, -0.05) is 30.3 Å². The third-order valence-electron chi connectivity index (χ3n) is 2.76. The summed E-state index contributed by atoms with van der Waals surface area (Å²) in [6.45, 7) is 0.513. The second kappa shape index (κ2) is 8.48. The van der Waals surface area contributed by atoms with E-state index >= 15 is 0 Å². The Balaban J connectivity index is 2.63. The van der Waals surface area contributed by atoms with Gasteiger partial charge in [0.1, 0.15) is 18.8 Å². The molecule has 0 unspecified atom stereocenters. The van der Waals surface area contributed by atoms with Crippen LogP contribution in [0.25, 0.3) is 0 Å². The molecule has 0 aromatic heterocycles. The number of carbonyl (C=O) groups excluding carboxylic acids is 1. The summed E-state index contributed by atoms with van der Waals surface area (Å²) < 4.78 is 4.86. The molecule has 1 aromatic rings. The number of amides is 1. The molecule has 0 aliphatic rings. The van der Waals surface area contributed by atoms with Gasteiger partial charge in [-0.2, -0.15) is 4.99 Å². The van der Waals surface area contributed by atoms with E-state index in [4.69, 9.17) is 14.9 Å². The van der Waals surface area contributed by atoms with Crippen LogP contribution in [0.2, 0.25) is 0 Å². The smallest absolute Gasteiger partial charge is 0.434 e. The SMILES string of the molecule is C[C@H](O)[C@@H](O)[C@H](O)C(CO)=NC(=O)OCc1ccccc1.